The first-order chi connectivity index (χ1) is 12.9. The predicted octanol–water partition coefficient (Wildman–Crippen LogP) is 3.00. The number of methoxy groups -OCH3 is 1. The molecule has 27 heavy (non-hydrogen) atoms. The summed E-state index contributed by atoms with van der Waals surface area (Å²) in [5.41, 5.74) is 1.73. The summed E-state index contributed by atoms with van der Waals surface area (Å²) in [6.07, 6.45) is 1.19. The molecule has 0 radical (unpaired) electrons. The van der Waals surface area contributed by atoms with Crippen molar-refractivity contribution in [2.45, 2.75) is 24.4 Å². The minimum absolute atomic E-state index is 0.0137. The molecule has 0 aliphatic carbocycles. The third-order valence-corrected chi connectivity index (χ3v) is 5.31. The van der Waals surface area contributed by atoms with Gasteiger partial charge in [0, 0.05) is 12.3 Å². The average Bonchev–Trinajstić information content (AvgIpc) is 3.14. The van der Waals surface area contributed by atoms with Crippen LogP contribution in [0.25, 0.3) is 11.4 Å². The van der Waals surface area contributed by atoms with Crippen molar-refractivity contribution in [2.24, 2.45) is 0 Å². The van der Waals surface area contributed by atoms with Crippen LogP contribution >= 0.6 is 0 Å². The number of hydrogen-bond donors (Lipinski definition) is 1. The van der Waals surface area contributed by atoms with Crippen LogP contribution in [0.3, 0.4) is 0 Å². The van der Waals surface area contributed by atoms with E-state index in [1.807, 2.05) is 31.2 Å². The summed E-state index contributed by atoms with van der Waals surface area (Å²) in [7, 11) is -1.60. The van der Waals surface area contributed by atoms with Crippen molar-refractivity contribution in [1.82, 2.24) is 15.5 Å². The Morgan fingerprint density at radius 2 is 1.85 bits per heavy atom. The number of nitrogens with one attached hydrogen (secondary N) is 1. The van der Waals surface area contributed by atoms with E-state index in [0.29, 0.717) is 28.9 Å². The van der Waals surface area contributed by atoms with Gasteiger partial charge in [-0.25, -0.2) is 8.42 Å². The van der Waals surface area contributed by atoms with Crippen molar-refractivity contribution in [3.63, 3.8) is 0 Å². The molecular weight excluding hydrogens is 366 g/mol. The van der Waals surface area contributed by atoms with Crippen LogP contribution < -0.4 is 10.1 Å². The van der Waals surface area contributed by atoms with Crippen LogP contribution in [0.2, 0.25) is 0 Å². The lowest BCUT2D eigenvalue weighted by molar-refractivity contribution is 0.360. The first-order valence-corrected chi connectivity index (χ1v) is 10.3. The number of nitrogens with zero attached hydrogens (tertiary/aromatic N) is 2. The Morgan fingerprint density at radius 1 is 1.15 bits per heavy atom. The van der Waals surface area contributed by atoms with Gasteiger partial charge >= 0.3 is 0 Å². The Morgan fingerprint density at radius 3 is 2.52 bits per heavy atom. The molecule has 142 valence electrons. The summed E-state index contributed by atoms with van der Waals surface area (Å²) in [5, 5.41) is 7.30. The molecule has 1 atom stereocenters. The van der Waals surface area contributed by atoms with Gasteiger partial charge in [0.15, 0.2) is 9.84 Å². The monoisotopic (exact) mass is 387 g/mol. The van der Waals surface area contributed by atoms with Crippen molar-refractivity contribution >= 4 is 9.84 Å². The van der Waals surface area contributed by atoms with Gasteiger partial charge in [0.25, 0.3) is 0 Å². The highest BCUT2D eigenvalue weighted by molar-refractivity contribution is 7.90. The normalized spacial score (nSPS) is 12.7. The Labute approximate surface area is 158 Å². The largest absolute Gasteiger partial charge is 0.496 e. The van der Waals surface area contributed by atoms with Crippen molar-refractivity contribution < 1.29 is 17.7 Å². The second kappa shape index (κ2) is 7.89. The van der Waals surface area contributed by atoms with Gasteiger partial charge in [-0.15, -0.1) is 0 Å². The minimum atomic E-state index is -3.19. The first kappa shape index (κ1) is 19.1. The minimum Gasteiger partial charge on any atom is -0.496 e. The molecule has 2 aromatic carbocycles. The van der Waals surface area contributed by atoms with E-state index in [9.17, 15) is 8.42 Å². The van der Waals surface area contributed by atoms with Gasteiger partial charge in [0.1, 0.15) is 5.75 Å². The Balaban J connectivity index is 1.66. The molecule has 1 aromatic heterocycles. The maximum atomic E-state index is 11.5. The number of hydrogen-bond acceptors (Lipinski definition) is 7. The zero-order chi connectivity index (χ0) is 19.4. The third kappa shape index (κ3) is 4.53. The van der Waals surface area contributed by atoms with Gasteiger partial charge in [-0.2, -0.15) is 4.98 Å². The summed E-state index contributed by atoms with van der Waals surface area (Å²) in [5.74, 6) is 1.60. The summed E-state index contributed by atoms with van der Waals surface area (Å²) in [6, 6.07) is 14.3. The van der Waals surface area contributed by atoms with Gasteiger partial charge in [0.05, 0.1) is 24.1 Å². The molecule has 1 N–H and O–H groups in total. The smallest absolute Gasteiger partial charge is 0.240 e. The molecule has 8 heteroatoms. The molecule has 0 saturated heterocycles. The van der Waals surface area contributed by atoms with E-state index in [2.05, 4.69) is 15.5 Å². The van der Waals surface area contributed by atoms with Crippen molar-refractivity contribution in [3.05, 3.63) is 60.0 Å². The SMILES string of the molecule is COc1ccccc1-c1noc(CN[C@H](C)c2ccc(S(C)(=O)=O)cc2)n1. The van der Waals surface area contributed by atoms with Crippen molar-refractivity contribution in [2.75, 3.05) is 13.4 Å². The molecule has 0 unspecified atom stereocenters. The Bertz CT molecular complexity index is 1010. The molecule has 0 aliphatic heterocycles. The van der Waals surface area contributed by atoms with Gasteiger partial charge < -0.3 is 14.6 Å². The second-order valence-electron chi connectivity index (χ2n) is 6.16. The lowest BCUT2D eigenvalue weighted by Crippen LogP contribution is -2.18. The summed E-state index contributed by atoms with van der Waals surface area (Å²) in [4.78, 5) is 4.70. The summed E-state index contributed by atoms with van der Waals surface area (Å²) in [6.45, 7) is 2.37. The fraction of sp³-hybridized carbons (Fsp3) is 0.263. The maximum Gasteiger partial charge on any atom is 0.240 e. The topological polar surface area (TPSA) is 94.3 Å². The van der Waals surface area contributed by atoms with E-state index in [-0.39, 0.29) is 6.04 Å². The lowest BCUT2D eigenvalue weighted by Gasteiger charge is -2.13. The summed E-state index contributed by atoms with van der Waals surface area (Å²) < 4.78 is 33.7. The molecule has 0 spiro atoms. The molecule has 0 saturated carbocycles. The number of sulfone groups is 1. The van der Waals surface area contributed by atoms with Crippen molar-refractivity contribution in [3.8, 4) is 17.1 Å². The molecule has 0 amide bonds. The van der Waals surface area contributed by atoms with Crippen LogP contribution in [-0.4, -0.2) is 31.9 Å². The number of ether oxygens (including phenoxy) is 1. The van der Waals surface area contributed by atoms with E-state index in [1.165, 1.54) is 6.26 Å². The van der Waals surface area contributed by atoms with E-state index in [1.54, 1.807) is 31.4 Å². The van der Waals surface area contributed by atoms with Gasteiger partial charge in [-0.05, 0) is 36.8 Å². The quantitative estimate of drug-likeness (QED) is 0.666. The molecule has 0 fully saturated rings. The molecule has 7 nitrogen and oxygen atoms in total. The molecule has 0 aliphatic rings. The molecule has 3 rings (SSSR count). The highest BCUT2D eigenvalue weighted by Gasteiger charge is 2.14. The average molecular weight is 387 g/mol. The van der Waals surface area contributed by atoms with Crippen LogP contribution in [0.15, 0.2) is 57.9 Å². The number of para-hydroxylation sites is 1. The van der Waals surface area contributed by atoms with Gasteiger partial charge in [-0.1, -0.05) is 29.4 Å². The van der Waals surface area contributed by atoms with Crippen LogP contribution in [0, 0.1) is 0 Å². The number of benzene rings is 2. The lowest BCUT2D eigenvalue weighted by atomic mass is 10.1. The fourth-order valence-corrected chi connectivity index (χ4v) is 3.26. The Hall–Kier alpha value is -2.71. The van der Waals surface area contributed by atoms with Crippen LogP contribution in [-0.2, 0) is 16.4 Å². The van der Waals surface area contributed by atoms with E-state index < -0.39 is 9.84 Å². The number of aromatic nitrogens is 2. The molecule has 0 bridgehead atoms. The summed E-state index contributed by atoms with van der Waals surface area (Å²) >= 11 is 0. The van der Waals surface area contributed by atoms with Crippen molar-refractivity contribution in [1.29, 1.82) is 0 Å². The standard InChI is InChI=1S/C19H21N3O4S/c1-13(14-8-10-15(11-9-14)27(3,23)24)20-12-18-21-19(22-26-18)16-6-4-5-7-17(16)25-2/h4-11,13,20H,12H2,1-3H3/t13-/m1/s1. The molecule has 3 aromatic rings. The van der Waals surface area contributed by atoms with E-state index >= 15 is 0 Å². The van der Waals surface area contributed by atoms with E-state index in [4.69, 9.17) is 9.26 Å². The predicted molar refractivity (Wildman–Crippen MR) is 101 cm³/mol. The second-order valence-corrected chi connectivity index (χ2v) is 8.17. The highest BCUT2D eigenvalue weighted by atomic mass is 32.2. The molecular formula is C19H21N3O4S. The van der Waals surface area contributed by atoms with Crippen LogP contribution in [0.1, 0.15) is 24.4 Å². The maximum absolute atomic E-state index is 11.5. The number of rotatable bonds is 7. The van der Waals surface area contributed by atoms with Gasteiger partial charge in [-0.3, -0.25) is 0 Å². The van der Waals surface area contributed by atoms with Gasteiger partial charge in [0.2, 0.25) is 11.7 Å². The zero-order valence-corrected chi connectivity index (χ0v) is 16.2. The zero-order valence-electron chi connectivity index (χ0n) is 15.3. The van der Waals surface area contributed by atoms with E-state index in [0.717, 1.165) is 11.1 Å². The molecule has 1 heterocycles. The highest BCUT2D eigenvalue weighted by Crippen LogP contribution is 2.27. The third-order valence-electron chi connectivity index (χ3n) is 4.18. The fourth-order valence-electron chi connectivity index (χ4n) is 2.63. The Kier molecular flexibility index (Phi) is 5.57. The van der Waals surface area contributed by atoms with Crippen LogP contribution in [0.5, 0.6) is 5.75 Å². The van der Waals surface area contributed by atoms with Crippen LogP contribution in [0.4, 0.5) is 0 Å². The first-order valence-electron chi connectivity index (χ1n) is 8.38.